The molecule has 0 N–H and O–H groups in total. The van der Waals surface area contributed by atoms with E-state index in [2.05, 4.69) is 23.7 Å². The third kappa shape index (κ3) is 14.5. The first-order valence-corrected chi connectivity index (χ1v) is 9.94. The number of carbonyl (C=O) groups is 2. The van der Waals surface area contributed by atoms with Crippen LogP contribution in [0.4, 0.5) is 0 Å². The number of hydrogen-bond acceptors (Lipinski definition) is 8. The maximum atomic E-state index is 11.9. The number of hydrogen-bond donors (Lipinski definition) is 0. The second-order valence-corrected chi connectivity index (χ2v) is 6.67. The van der Waals surface area contributed by atoms with Gasteiger partial charge in [0.2, 0.25) is 0 Å². The maximum Gasteiger partial charge on any atom is 0.307 e. The monoisotopic (exact) mass is 439 g/mol. The molecule has 170 valence electrons. The van der Waals surface area contributed by atoms with Crippen LogP contribution in [0.1, 0.15) is 19.8 Å². The summed E-state index contributed by atoms with van der Waals surface area (Å²) in [5.74, 6) is 8.93. The Hall–Kier alpha value is -3.45. The highest BCUT2D eigenvalue weighted by molar-refractivity contribution is 5.70. The summed E-state index contributed by atoms with van der Waals surface area (Å²) < 4.78 is 15.7. The number of ether oxygens (including phenoxy) is 3. The minimum atomic E-state index is -0.991. The van der Waals surface area contributed by atoms with Gasteiger partial charge in [0, 0.05) is 13.1 Å². The van der Waals surface area contributed by atoms with Crippen molar-refractivity contribution < 1.29 is 23.8 Å². The molecule has 0 fully saturated rings. The number of rotatable bonds is 16. The standard InChI is InChI=1S/C24H29N3O5/c1-6-12-26(13-7-2)16-10-23(28)31-20-22(18-25)30-19-21(5)32-24(29)11-17-27(14-8-3)15-9-4/h1-4,21-22H,10-17,19-20H2,5H3. The Balaban J connectivity index is 4.23. The lowest BCUT2D eigenvalue weighted by molar-refractivity contribution is -0.153. The lowest BCUT2D eigenvalue weighted by atomic mass is 10.3. The van der Waals surface area contributed by atoms with Gasteiger partial charge in [0.05, 0.1) is 51.7 Å². The van der Waals surface area contributed by atoms with E-state index in [1.807, 2.05) is 6.07 Å². The Morgan fingerprint density at radius 3 is 1.75 bits per heavy atom. The summed E-state index contributed by atoms with van der Waals surface area (Å²) in [5, 5.41) is 9.17. The van der Waals surface area contributed by atoms with E-state index in [9.17, 15) is 14.9 Å². The van der Waals surface area contributed by atoms with E-state index >= 15 is 0 Å². The molecule has 8 nitrogen and oxygen atoms in total. The van der Waals surface area contributed by atoms with Gasteiger partial charge in [-0.1, -0.05) is 23.7 Å². The largest absolute Gasteiger partial charge is 0.462 e. The van der Waals surface area contributed by atoms with Crippen molar-refractivity contribution in [3.8, 4) is 55.4 Å². The molecule has 0 saturated heterocycles. The molecule has 0 heterocycles. The second kappa shape index (κ2) is 18.3. The van der Waals surface area contributed by atoms with Crippen LogP contribution in [-0.2, 0) is 23.8 Å². The molecule has 0 aliphatic heterocycles. The SMILES string of the molecule is C#CCN(CC#C)CCC(=O)OCC(C#N)OCC(C)OC(=O)CCN(CC#C)CC#C. The fourth-order valence-corrected chi connectivity index (χ4v) is 2.38. The molecule has 0 amide bonds. The number of nitriles is 1. The molecule has 0 radical (unpaired) electrons. The molecule has 8 heteroatoms. The Bertz CT molecular complexity index is 759. The third-order valence-corrected chi connectivity index (χ3v) is 3.93. The lowest BCUT2D eigenvalue weighted by Crippen LogP contribution is -2.31. The summed E-state index contributed by atoms with van der Waals surface area (Å²) in [6.07, 6.45) is 19.6. The van der Waals surface area contributed by atoms with Gasteiger partial charge in [-0.3, -0.25) is 19.4 Å². The predicted octanol–water partition coefficient (Wildman–Crippen LogP) is 0.287. The van der Waals surface area contributed by atoms with Crippen LogP contribution in [0.5, 0.6) is 0 Å². The van der Waals surface area contributed by atoms with Crippen LogP contribution in [0.25, 0.3) is 0 Å². The second-order valence-electron chi connectivity index (χ2n) is 6.67. The van der Waals surface area contributed by atoms with Crippen LogP contribution in [0.15, 0.2) is 0 Å². The van der Waals surface area contributed by atoms with E-state index in [-0.39, 0.29) is 26.1 Å². The van der Waals surface area contributed by atoms with Crippen LogP contribution < -0.4 is 0 Å². The van der Waals surface area contributed by atoms with Crippen molar-refractivity contribution in [2.45, 2.75) is 32.0 Å². The minimum absolute atomic E-state index is 0.0297. The fraction of sp³-hybridized carbons (Fsp3) is 0.542. The molecule has 2 unspecified atom stereocenters. The third-order valence-electron chi connectivity index (χ3n) is 3.93. The van der Waals surface area contributed by atoms with Gasteiger partial charge in [-0.2, -0.15) is 5.26 Å². The summed E-state index contributed by atoms with van der Waals surface area (Å²) in [6, 6.07) is 1.89. The molecule has 2 atom stereocenters. The Kier molecular flexibility index (Phi) is 16.4. The first-order valence-electron chi connectivity index (χ1n) is 9.94. The predicted molar refractivity (Wildman–Crippen MR) is 119 cm³/mol. The molecule has 0 spiro atoms. The van der Waals surface area contributed by atoms with Crippen molar-refractivity contribution in [3.05, 3.63) is 0 Å². The van der Waals surface area contributed by atoms with E-state index in [1.165, 1.54) is 0 Å². The van der Waals surface area contributed by atoms with Crippen LogP contribution in [0.3, 0.4) is 0 Å². The van der Waals surface area contributed by atoms with Gasteiger partial charge >= 0.3 is 11.9 Å². The van der Waals surface area contributed by atoms with Gasteiger partial charge in [0.25, 0.3) is 0 Å². The Morgan fingerprint density at radius 1 is 0.844 bits per heavy atom. The zero-order chi connectivity index (χ0) is 24.2. The van der Waals surface area contributed by atoms with Crippen LogP contribution >= 0.6 is 0 Å². The molecular formula is C24H29N3O5. The molecule has 0 bridgehead atoms. The van der Waals surface area contributed by atoms with Gasteiger partial charge in [-0.05, 0) is 6.92 Å². The fourth-order valence-electron chi connectivity index (χ4n) is 2.38. The number of carbonyl (C=O) groups excluding carboxylic acids is 2. The highest BCUT2D eigenvalue weighted by Crippen LogP contribution is 2.02. The number of esters is 2. The van der Waals surface area contributed by atoms with Crippen LogP contribution in [0, 0.1) is 60.7 Å². The van der Waals surface area contributed by atoms with E-state index < -0.39 is 24.1 Å². The first kappa shape index (κ1) is 28.5. The zero-order valence-electron chi connectivity index (χ0n) is 18.4. The van der Waals surface area contributed by atoms with Crippen molar-refractivity contribution in [2.24, 2.45) is 0 Å². The van der Waals surface area contributed by atoms with Crippen LogP contribution in [-0.4, -0.2) is 86.4 Å². The Morgan fingerprint density at radius 2 is 1.31 bits per heavy atom. The quantitative estimate of drug-likeness (QED) is 0.250. The van der Waals surface area contributed by atoms with Crippen molar-refractivity contribution in [1.29, 1.82) is 5.26 Å². The molecular weight excluding hydrogens is 410 g/mol. The summed E-state index contributed by atoms with van der Waals surface area (Å²) in [6.45, 7) is 3.40. The number of terminal acetylenes is 4. The Labute approximate surface area is 191 Å². The molecule has 0 aromatic rings. The molecule has 0 aromatic heterocycles. The average molecular weight is 440 g/mol. The van der Waals surface area contributed by atoms with Crippen LogP contribution in [0.2, 0.25) is 0 Å². The maximum absolute atomic E-state index is 11.9. The molecule has 0 aliphatic rings. The molecule has 0 aromatic carbocycles. The molecule has 32 heavy (non-hydrogen) atoms. The van der Waals surface area contributed by atoms with Gasteiger partial charge in [0.1, 0.15) is 12.7 Å². The highest BCUT2D eigenvalue weighted by Gasteiger charge is 2.17. The van der Waals surface area contributed by atoms with Crippen molar-refractivity contribution in [2.75, 3.05) is 52.5 Å². The van der Waals surface area contributed by atoms with E-state index in [0.29, 0.717) is 39.3 Å². The summed E-state index contributed by atoms with van der Waals surface area (Å²) in [5.41, 5.74) is 0. The zero-order valence-corrected chi connectivity index (χ0v) is 18.4. The number of nitrogens with zero attached hydrogens (tertiary/aromatic N) is 3. The first-order chi connectivity index (χ1) is 15.4. The van der Waals surface area contributed by atoms with Gasteiger partial charge < -0.3 is 14.2 Å². The van der Waals surface area contributed by atoms with E-state index in [4.69, 9.17) is 39.9 Å². The van der Waals surface area contributed by atoms with Crippen molar-refractivity contribution in [3.63, 3.8) is 0 Å². The molecule has 0 saturated carbocycles. The van der Waals surface area contributed by atoms with Gasteiger partial charge in [0.15, 0.2) is 6.10 Å². The average Bonchev–Trinajstić information content (AvgIpc) is 2.76. The van der Waals surface area contributed by atoms with Crippen molar-refractivity contribution >= 4 is 11.9 Å². The minimum Gasteiger partial charge on any atom is -0.462 e. The van der Waals surface area contributed by atoms with Gasteiger partial charge in [-0.15, -0.1) is 25.7 Å². The smallest absolute Gasteiger partial charge is 0.307 e. The van der Waals surface area contributed by atoms with Gasteiger partial charge in [-0.25, -0.2) is 0 Å². The molecule has 0 rings (SSSR count). The highest BCUT2D eigenvalue weighted by atomic mass is 16.6. The van der Waals surface area contributed by atoms with E-state index in [1.54, 1.807) is 16.7 Å². The van der Waals surface area contributed by atoms with Crippen molar-refractivity contribution in [1.82, 2.24) is 9.80 Å². The summed E-state index contributed by atoms with van der Waals surface area (Å²) in [7, 11) is 0. The summed E-state index contributed by atoms with van der Waals surface area (Å²) in [4.78, 5) is 27.3. The summed E-state index contributed by atoms with van der Waals surface area (Å²) >= 11 is 0. The lowest BCUT2D eigenvalue weighted by Gasteiger charge is -2.19. The van der Waals surface area contributed by atoms with E-state index in [0.717, 1.165) is 0 Å². The molecule has 0 aliphatic carbocycles. The topological polar surface area (TPSA) is 92.1 Å². The normalized spacial score (nSPS) is 11.8.